The number of nitrogens with zero attached hydrogens (tertiary/aromatic N) is 5. The number of β-lactam (4-membered cyclic amide) rings is 1. The van der Waals surface area contributed by atoms with E-state index in [4.69, 9.17) is 0 Å². The molecular formula is C13H18N6O4S. The van der Waals surface area contributed by atoms with Crippen molar-refractivity contribution in [1.82, 2.24) is 30.4 Å². The van der Waals surface area contributed by atoms with Crippen LogP contribution < -0.4 is 5.32 Å². The minimum atomic E-state index is -1.03. The topological polar surface area (TPSA) is 130 Å². The van der Waals surface area contributed by atoms with Crippen LogP contribution in [-0.4, -0.2) is 70.2 Å². The number of aliphatic carboxylic acids is 1. The lowest BCUT2D eigenvalue weighted by Gasteiger charge is -2.43. The average molecular weight is 354 g/mol. The second kappa shape index (κ2) is 5.72. The second-order valence-electron chi connectivity index (χ2n) is 6.25. The molecule has 2 fully saturated rings. The highest BCUT2D eigenvalue weighted by Gasteiger charge is 2.64. The van der Waals surface area contributed by atoms with Gasteiger partial charge >= 0.3 is 5.97 Å². The number of aryl methyl sites for hydroxylation is 1. The SMILES string of the molecule is CCc1nnnn1CC(=O)N[C@@H]1C(=O)N2[C@@H]1SC(C)(C)[C@@H]2C(=O)O. The number of carboxylic acids is 1. The van der Waals surface area contributed by atoms with Crippen LogP contribution in [0.2, 0.25) is 0 Å². The minimum absolute atomic E-state index is 0.0803. The highest BCUT2D eigenvalue weighted by molar-refractivity contribution is 8.01. The first-order valence-corrected chi connectivity index (χ1v) is 8.41. The number of carboxylic acid groups (broad SMARTS) is 1. The average Bonchev–Trinajstić information content (AvgIpc) is 3.04. The van der Waals surface area contributed by atoms with Gasteiger partial charge in [0.15, 0.2) is 5.82 Å². The molecule has 0 spiro atoms. The van der Waals surface area contributed by atoms with E-state index in [0.717, 1.165) is 0 Å². The van der Waals surface area contributed by atoms with Gasteiger partial charge in [0.1, 0.15) is 24.0 Å². The lowest BCUT2D eigenvalue weighted by Crippen LogP contribution is -2.70. The summed E-state index contributed by atoms with van der Waals surface area (Å²) < 4.78 is 0.763. The Kier molecular flexibility index (Phi) is 3.98. The summed E-state index contributed by atoms with van der Waals surface area (Å²) in [5, 5.41) is 22.7. The zero-order valence-corrected chi connectivity index (χ0v) is 14.3. The number of carbonyl (C=O) groups is 3. The summed E-state index contributed by atoms with van der Waals surface area (Å²) >= 11 is 1.39. The van der Waals surface area contributed by atoms with Gasteiger partial charge in [0, 0.05) is 11.2 Å². The van der Waals surface area contributed by atoms with E-state index in [2.05, 4.69) is 20.8 Å². The predicted octanol–water partition coefficient (Wildman–Crippen LogP) is -1.13. The van der Waals surface area contributed by atoms with Crippen LogP contribution in [0.5, 0.6) is 0 Å². The smallest absolute Gasteiger partial charge is 0.327 e. The fraction of sp³-hybridized carbons (Fsp3) is 0.692. The molecule has 0 bridgehead atoms. The van der Waals surface area contributed by atoms with Crippen LogP contribution in [0.25, 0.3) is 0 Å². The van der Waals surface area contributed by atoms with Crippen LogP contribution in [0.3, 0.4) is 0 Å². The van der Waals surface area contributed by atoms with E-state index >= 15 is 0 Å². The Morgan fingerprint density at radius 2 is 2.12 bits per heavy atom. The summed E-state index contributed by atoms with van der Waals surface area (Å²) in [7, 11) is 0. The first kappa shape index (κ1) is 16.7. The molecule has 2 saturated heterocycles. The van der Waals surface area contributed by atoms with E-state index in [1.807, 2.05) is 6.92 Å². The van der Waals surface area contributed by atoms with Gasteiger partial charge in [-0.2, -0.15) is 0 Å². The van der Waals surface area contributed by atoms with Gasteiger partial charge in [-0.3, -0.25) is 9.59 Å². The summed E-state index contributed by atoms with van der Waals surface area (Å²) in [6.07, 6.45) is 0.587. The van der Waals surface area contributed by atoms with Crippen LogP contribution in [0.1, 0.15) is 26.6 Å². The van der Waals surface area contributed by atoms with Crippen LogP contribution in [0.4, 0.5) is 0 Å². The Hall–Kier alpha value is -2.17. The molecule has 0 saturated carbocycles. The van der Waals surface area contributed by atoms with Crippen molar-refractivity contribution in [3.8, 4) is 0 Å². The molecule has 0 aliphatic carbocycles. The molecule has 1 aromatic heterocycles. The summed E-state index contributed by atoms with van der Waals surface area (Å²) in [4.78, 5) is 37.2. The molecule has 0 radical (unpaired) electrons. The van der Waals surface area contributed by atoms with E-state index < -0.39 is 22.8 Å². The molecule has 2 aliphatic heterocycles. The van der Waals surface area contributed by atoms with Crippen molar-refractivity contribution in [2.24, 2.45) is 0 Å². The molecule has 2 amide bonds. The number of hydrogen-bond acceptors (Lipinski definition) is 7. The maximum atomic E-state index is 12.3. The van der Waals surface area contributed by atoms with E-state index in [9.17, 15) is 19.5 Å². The van der Waals surface area contributed by atoms with Crippen molar-refractivity contribution in [3.05, 3.63) is 5.82 Å². The van der Waals surface area contributed by atoms with Gasteiger partial charge in [0.05, 0.1) is 0 Å². The van der Waals surface area contributed by atoms with Crippen LogP contribution in [-0.2, 0) is 27.3 Å². The molecule has 2 N–H and O–H groups in total. The molecule has 11 heteroatoms. The first-order chi connectivity index (χ1) is 11.3. The Balaban J connectivity index is 1.67. The highest BCUT2D eigenvalue weighted by Crippen LogP contribution is 2.50. The summed E-state index contributed by atoms with van der Waals surface area (Å²) in [6, 6.07) is -1.60. The van der Waals surface area contributed by atoms with Crippen molar-refractivity contribution in [1.29, 1.82) is 0 Å². The molecule has 3 heterocycles. The molecular weight excluding hydrogens is 336 g/mol. The lowest BCUT2D eigenvalue weighted by atomic mass is 9.96. The van der Waals surface area contributed by atoms with Gasteiger partial charge in [0.2, 0.25) is 11.8 Å². The predicted molar refractivity (Wildman–Crippen MR) is 82.9 cm³/mol. The first-order valence-electron chi connectivity index (χ1n) is 7.53. The Bertz CT molecular complexity index is 704. The number of rotatable bonds is 5. The molecule has 3 rings (SSSR count). The van der Waals surface area contributed by atoms with Gasteiger partial charge in [-0.1, -0.05) is 6.92 Å². The van der Waals surface area contributed by atoms with Crippen molar-refractivity contribution in [2.75, 3.05) is 0 Å². The number of fused-ring (bicyclic) bond motifs is 1. The third-order valence-corrected chi connectivity index (χ3v) is 5.78. The largest absolute Gasteiger partial charge is 0.480 e. The molecule has 2 aliphatic rings. The van der Waals surface area contributed by atoms with Crippen molar-refractivity contribution in [3.63, 3.8) is 0 Å². The third kappa shape index (κ3) is 2.52. The normalized spacial score (nSPS) is 27.5. The molecule has 1 aromatic rings. The number of carbonyl (C=O) groups excluding carboxylic acids is 2. The van der Waals surface area contributed by atoms with Gasteiger partial charge in [-0.15, -0.1) is 16.9 Å². The number of amides is 2. The van der Waals surface area contributed by atoms with E-state index in [-0.39, 0.29) is 23.7 Å². The molecule has 0 unspecified atom stereocenters. The van der Waals surface area contributed by atoms with Crippen LogP contribution >= 0.6 is 11.8 Å². The monoisotopic (exact) mass is 354 g/mol. The van der Waals surface area contributed by atoms with E-state index in [1.165, 1.54) is 21.3 Å². The molecule has 3 atom stereocenters. The van der Waals surface area contributed by atoms with Crippen LogP contribution in [0, 0.1) is 0 Å². The van der Waals surface area contributed by atoms with Crippen molar-refractivity contribution in [2.45, 2.75) is 55.9 Å². The summed E-state index contributed by atoms with van der Waals surface area (Å²) in [5.41, 5.74) is 0. The maximum Gasteiger partial charge on any atom is 0.327 e. The maximum absolute atomic E-state index is 12.3. The number of nitrogens with one attached hydrogen (secondary N) is 1. The molecule has 130 valence electrons. The molecule has 10 nitrogen and oxygen atoms in total. The van der Waals surface area contributed by atoms with Crippen molar-refractivity contribution < 1.29 is 19.5 Å². The zero-order valence-electron chi connectivity index (χ0n) is 13.5. The lowest BCUT2D eigenvalue weighted by molar-refractivity contribution is -0.161. The fourth-order valence-corrected chi connectivity index (χ4v) is 4.73. The second-order valence-corrected chi connectivity index (χ2v) is 8.02. The van der Waals surface area contributed by atoms with Gasteiger partial charge in [-0.25, -0.2) is 9.48 Å². The Morgan fingerprint density at radius 1 is 1.42 bits per heavy atom. The van der Waals surface area contributed by atoms with Crippen LogP contribution in [0.15, 0.2) is 0 Å². The third-order valence-electron chi connectivity index (χ3n) is 4.21. The Morgan fingerprint density at radius 3 is 2.75 bits per heavy atom. The summed E-state index contributed by atoms with van der Waals surface area (Å²) in [5.74, 6) is -1.21. The quantitative estimate of drug-likeness (QED) is 0.635. The van der Waals surface area contributed by atoms with Gasteiger partial charge < -0.3 is 15.3 Å². The number of aromatic nitrogens is 4. The molecule has 24 heavy (non-hydrogen) atoms. The molecule has 0 aromatic carbocycles. The number of hydrogen-bond donors (Lipinski definition) is 2. The Labute approximate surface area is 141 Å². The number of tetrazole rings is 1. The highest BCUT2D eigenvalue weighted by atomic mass is 32.2. The number of thioether (sulfide) groups is 1. The standard InChI is InChI=1S/C13H18N6O4S/c1-4-6-15-16-17-18(6)5-7(20)14-8-10(21)19-9(12(22)23)13(2,3)24-11(8)19/h8-9,11H,4-5H2,1-3H3,(H,14,20)(H,22,23)/t8-,9+,11-/m1/s1. The summed E-state index contributed by atoms with van der Waals surface area (Å²) in [6.45, 7) is 5.37. The van der Waals surface area contributed by atoms with Gasteiger partial charge in [-0.05, 0) is 24.3 Å². The van der Waals surface area contributed by atoms with E-state index in [0.29, 0.717) is 12.2 Å². The van der Waals surface area contributed by atoms with Gasteiger partial charge in [0.25, 0.3) is 0 Å². The van der Waals surface area contributed by atoms with E-state index in [1.54, 1.807) is 13.8 Å². The fourth-order valence-electron chi connectivity index (χ4n) is 3.10. The minimum Gasteiger partial charge on any atom is -0.480 e. The van der Waals surface area contributed by atoms with Crippen molar-refractivity contribution >= 4 is 29.5 Å². The zero-order chi connectivity index (χ0) is 17.6.